The smallest absolute Gasteiger partial charge is 0.234 e. The van der Waals surface area contributed by atoms with Gasteiger partial charge in [0.15, 0.2) is 10.7 Å². The maximum absolute atomic E-state index is 11.5. The first-order chi connectivity index (χ1) is 13.8. The molecule has 0 amide bonds. The summed E-state index contributed by atoms with van der Waals surface area (Å²) in [6.07, 6.45) is -0.998. The number of rotatable bonds is 7. The van der Waals surface area contributed by atoms with Gasteiger partial charge in [0.2, 0.25) is 6.29 Å². The number of benzene rings is 2. The third-order valence-corrected chi connectivity index (χ3v) is 5.90. The molecule has 7 heteroatoms. The second-order valence-electron chi connectivity index (χ2n) is 7.59. The average Bonchev–Trinajstić information content (AvgIpc) is 2.73. The Morgan fingerprint density at radius 1 is 1.00 bits per heavy atom. The Balaban J connectivity index is 1.98. The summed E-state index contributed by atoms with van der Waals surface area (Å²) in [4.78, 5) is 0. The number of halogens is 1. The molecule has 0 saturated carbocycles. The van der Waals surface area contributed by atoms with Crippen LogP contribution in [-0.2, 0) is 17.6 Å². The Bertz CT molecular complexity index is 791. The zero-order valence-electron chi connectivity index (χ0n) is 16.3. The van der Waals surface area contributed by atoms with Crippen molar-refractivity contribution in [2.75, 3.05) is 13.2 Å². The molecule has 1 fully saturated rings. The first kappa shape index (κ1) is 22.0. The quantitative estimate of drug-likeness (QED) is 0.509. The lowest BCUT2D eigenvalue weighted by molar-refractivity contribution is -0.337. The lowest BCUT2D eigenvalue weighted by Crippen LogP contribution is -2.71. The molecule has 0 aliphatic carbocycles. The number of ether oxygens (including phenoxy) is 2. The normalized spacial score (nSPS) is 28.8. The molecule has 158 valence electrons. The lowest BCUT2D eigenvalue weighted by atomic mass is 9.78. The van der Waals surface area contributed by atoms with Crippen molar-refractivity contribution in [1.29, 1.82) is 0 Å². The molecule has 1 saturated heterocycles. The van der Waals surface area contributed by atoms with E-state index in [2.05, 4.69) is 0 Å². The summed E-state index contributed by atoms with van der Waals surface area (Å²) in [5, 5.41) is 39.9. The molecule has 0 bridgehead atoms. The predicted molar refractivity (Wildman–Crippen MR) is 109 cm³/mol. The van der Waals surface area contributed by atoms with Crippen LogP contribution in [0.4, 0.5) is 0 Å². The number of aliphatic hydroxyl groups excluding tert-OH is 2. The van der Waals surface area contributed by atoms with Crippen molar-refractivity contribution >= 4 is 11.6 Å². The maximum Gasteiger partial charge on any atom is 0.234 e. The molecule has 3 atom stereocenters. The van der Waals surface area contributed by atoms with Gasteiger partial charge in [0.05, 0.1) is 13.2 Å². The van der Waals surface area contributed by atoms with Crippen molar-refractivity contribution in [3.8, 4) is 5.75 Å². The third-order valence-electron chi connectivity index (χ3n) is 5.43. The summed E-state index contributed by atoms with van der Waals surface area (Å²) in [5.74, 6) is 0.386. The van der Waals surface area contributed by atoms with Gasteiger partial charge < -0.3 is 29.9 Å². The molecule has 3 rings (SSSR count). The molecule has 6 nitrogen and oxygen atoms in total. The Labute approximate surface area is 175 Å². The SMILES string of the molecule is CCc1ccc(C[C@]2(O)[C@H](Oc3ccccc3)OC(CO)(CO)C[C@@]2(O)Cl)cc1. The highest BCUT2D eigenvalue weighted by Crippen LogP contribution is 2.47. The lowest BCUT2D eigenvalue weighted by Gasteiger charge is -2.53. The fourth-order valence-corrected chi connectivity index (χ4v) is 3.93. The van der Waals surface area contributed by atoms with E-state index in [9.17, 15) is 20.4 Å². The molecule has 4 N–H and O–H groups in total. The number of aryl methyl sites for hydroxylation is 1. The summed E-state index contributed by atoms with van der Waals surface area (Å²) in [6.45, 7) is 0.838. The summed E-state index contributed by atoms with van der Waals surface area (Å²) in [5.41, 5.74) is -1.74. The summed E-state index contributed by atoms with van der Waals surface area (Å²) in [7, 11) is 0. The first-order valence-electron chi connectivity index (χ1n) is 9.60. The fraction of sp³-hybridized carbons (Fsp3) is 0.455. The van der Waals surface area contributed by atoms with Crippen LogP contribution in [0, 0.1) is 0 Å². The van der Waals surface area contributed by atoms with E-state index in [1.165, 1.54) is 0 Å². The minimum atomic E-state index is -2.22. The van der Waals surface area contributed by atoms with Gasteiger partial charge in [0, 0.05) is 12.8 Å². The summed E-state index contributed by atoms with van der Waals surface area (Å²) < 4.78 is 11.7. The molecule has 0 spiro atoms. The van der Waals surface area contributed by atoms with Crippen LogP contribution in [-0.4, -0.2) is 56.2 Å². The minimum Gasteiger partial charge on any atom is -0.462 e. The van der Waals surface area contributed by atoms with Crippen LogP contribution in [0.5, 0.6) is 5.75 Å². The summed E-state index contributed by atoms with van der Waals surface area (Å²) in [6, 6.07) is 16.2. The molecule has 0 radical (unpaired) electrons. The van der Waals surface area contributed by atoms with E-state index in [-0.39, 0.29) is 12.8 Å². The Kier molecular flexibility index (Phi) is 6.53. The molecular formula is C22H27ClO6. The van der Waals surface area contributed by atoms with Crippen LogP contribution in [0.25, 0.3) is 0 Å². The molecule has 2 aromatic rings. The highest BCUT2D eigenvalue weighted by Gasteiger charge is 2.64. The zero-order valence-corrected chi connectivity index (χ0v) is 17.0. The van der Waals surface area contributed by atoms with Crippen molar-refractivity contribution in [3.63, 3.8) is 0 Å². The third kappa shape index (κ3) is 4.43. The van der Waals surface area contributed by atoms with Crippen LogP contribution in [0.15, 0.2) is 54.6 Å². The standard InChI is InChI=1S/C22H27ClO6/c1-2-16-8-10-17(11-9-16)12-21(26)19(28-18-6-4-3-5-7-18)29-20(14-24,15-25)13-22(21,23)27/h3-11,19,24-27H,2,12-15H2,1H3/t19-,21+,22+/m1/s1. The minimum absolute atomic E-state index is 0.0541. The number of para-hydroxylation sites is 1. The molecule has 0 unspecified atom stereocenters. The van der Waals surface area contributed by atoms with Crippen LogP contribution >= 0.6 is 11.6 Å². The molecule has 0 aromatic heterocycles. The van der Waals surface area contributed by atoms with Gasteiger partial charge >= 0.3 is 0 Å². The van der Waals surface area contributed by atoms with Gasteiger partial charge in [-0.1, -0.05) is 61.0 Å². The van der Waals surface area contributed by atoms with E-state index in [0.717, 1.165) is 17.5 Å². The molecule has 29 heavy (non-hydrogen) atoms. The van der Waals surface area contributed by atoms with Gasteiger partial charge in [-0.05, 0) is 29.7 Å². The van der Waals surface area contributed by atoms with Crippen molar-refractivity contribution < 1.29 is 29.9 Å². The van der Waals surface area contributed by atoms with E-state index in [0.29, 0.717) is 5.75 Å². The number of hydrogen-bond acceptors (Lipinski definition) is 6. The Morgan fingerprint density at radius 3 is 2.14 bits per heavy atom. The average molecular weight is 423 g/mol. The van der Waals surface area contributed by atoms with E-state index in [1.807, 2.05) is 31.2 Å². The monoisotopic (exact) mass is 422 g/mol. The van der Waals surface area contributed by atoms with Crippen LogP contribution in [0.2, 0.25) is 0 Å². The molecule has 1 aliphatic heterocycles. The number of aliphatic hydroxyl groups is 4. The molecular weight excluding hydrogens is 396 g/mol. The van der Waals surface area contributed by atoms with Crippen molar-refractivity contribution in [2.24, 2.45) is 0 Å². The summed E-state index contributed by atoms with van der Waals surface area (Å²) >= 11 is 6.41. The first-order valence-corrected chi connectivity index (χ1v) is 9.98. The highest BCUT2D eigenvalue weighted by atomic mass is 35.5. The van der Waals surface area contributed by atoms with Gasteiger partial charge in [-0.25, -0.2) is 0 Å². The van der Waals surface area contributed by atoms with Crippen LogP contribution < -0.4 is 4.74 Å². The number of hydrogen-bond donors (Lipinski definition) is 4. The van der Waals surface area contributed by atoms with E-state index in [1.54, 1.807) is 30.3 Å². The topological polar surface area (TPSA) is 99.4 Å². The second kappa shape index (κ2) is 8.60. The largest absolute Gasteiger partial charge is 0.462 e. The van der Waals surface area contributed by atoms with Crippen molar-refractivity contribution in [2.45, 2.75) is 48.7 Å². The Morgan fingerprint density at radius 2 is 1.59 bits per heavy atom. The molecule has 1 aliphatic rings. The van der Waals surface area contributed by atoms with Gasteiger partial charge in [0.1, 0.15) is 11.4 Å². The van der Waals surface area contributed by atoms with Gasteiger partial charge in [-0.3, -0.25) is 0 Å². The zero-order chi connectivity index (χ0) is 21.1. The second-order valence-corrected chi connectivity index (χ2v) is 8.21. The van der Waals surface area contributed by atoms with Gasteiger partial charge in [-0.2, -0.15) is 0 Å². The van der Waals surface area contributed by atoms with E-state index >= 15 is 0 Å². The predicted octanol–water partition coefficient (Wildman–Crippen LogP) is 2.00. The van der Waals surface area contributed by atoms with E-state index in [4.69, 9.17) is 21.1 Å². The van der Waals surface area contributed by atoms with E-state index < -0.39 is 35.8 Å². The van der Waals surface area contributed by atoms with Gasteiger partial charge in [-0.15, -0.1) is 0 Å². The van der Waals surface area contributed by atoms with Crippen molar-refractivity contribution in [1.82, 2.24) is 0 Å². The van der Waals surface area contributed by atoms with Crippen molar-refractivity contribution in [3.05, 3.63) is 65.7 Å². The fourth-order valence-electron chi connectivity index (χ4n) is 3.53. The Hall–Kier alpha value is -1.67. The van der Waals surface area contributed by atoms with Gasteiger partial charge in [0.25, 0.3) is 0 Å². The highest BCUT2D eigenvalue weighted by molar-refractivity contribution is 6.23. The van der Waals surface area contributed by atoms with Crippen LogP contribution in [0.1, 0.15) is 24.5 Å². The maximum atomic E-state index is 11.5. The number of alkyl halides is 1. The molecule has 1 heterocycles. The van der Waals surface area contributed by atoms with Crippen LogP contribution in [0.3, 0.4) is 0 Å². The molecule has 2 aromatic carbocycles.